The maximum Gasteiger partial charge on any atom is 0.226 e. The molecule has 0 bridgehead atoms. The first-order valence-electron chi connectivity index (χ1n) is 5.74. The fourth-order valence-corrected chi connectivity index (χ4v) is 1.94. The summed E-state index contributed by atoms with van der Waals surface area (Å²) in [6.45, 7) is 5.73. The highest BCUT2D eigenvalue weighted by Crippen LogP contribution is 2.26. The van der Waals surface area contributed by atoms with Crippen LogP contribution in [0.2, 0.25) is 0 Å². The normalized spacial score (nSPS) is 27.2. The van der Waals surface area contributed by atoms with Gasteiger partial charge in [-0.1, -0.05) is 20.8 Å². The first-order chi connectivity index (χ1) is 7.36. The van der Waals surface area contributed by atoms with E-state index in [0.29, 0.717) is 6.42 Å². The number of amides is 1. The maximum absolute atomic E-state index is 11.8. The number of hydrogen-bond donors (Lipinski definition) is 2. The summed E-state index contributed by atoms with van der Waals surface area (Å²) in [5, 5.41) is 21.3. The van der Waals surface area contributed by atoms with Crippen molar-refractivity contribution < 1.29 is 9.90 Å². The quantitative estimate of drug-likeness (QED) is 0.740. The van der Waals surface area contributed by atoms with Crippen LogP contribution in [0, 0.1) is 22.7 Å². The predicted molar refractivity (Wildman–Crippen MR) is 60.3 cm³/mol. The smallest absolute Gasteiger partial charge is 0.226 e. The van der Waals surface area contributed by atoms with Crippen LogP contribution in [0.5, 0.6) is 0 Å². The zero-order valence-corrected chi connectivity index (χ0v) is 10.2. The largest absolute Gasteiger partial charge is 0.392 e. The molecule has 1 aliphatic carbocycles. The molecule has 0 radical (unpaired) electrons. The summed E-state index contributed by atoms with van der Waals surface area (Å²) < 4.78 is 0. The number of nitriles is 1. The third kappa shape index (κ3) is 2.96. The first-order valence-corrected chi connectivity index (χ1v) is 5.74. The van der Waals surface area contributed by atoms with E-state index in [2.05, 4.69) is 11.4 Å². The van der Waals surface area contributed by atoms with Crippen molar-refractivity contribution in [1.82, 2.24) is 5.32 Å². The topological polar surface area (TPSA) is 73.1 Å². The lowest BCUT2D eigenvalue weighted by atomic mass is 9.87. The van der Waals surface area contributed by atoms with E-state index in [9.17, 15) is 9.90 Å². The minimum absolute atomic E-state index is 0.188. The lowest BCUT2D eigenvalue weighted by Gasteiger charge is -2.27. The van der Waals surface area contributed by atoms with Gasteiger partial charge < -0.3 is 10.4 Å². The van der Waals surface area contributed by atoms with E-state index >= 15 is 0 Å². The minimum Gasteiger partial charge on any atom is -0.392 e. The van der Waals surface area contributed by atoms with Crippen LogP contribution < -0.4 is 5.32 Å². The van der Waals surface area contributed by atoms with E-state index in [1.807, 2.05) is 20.8 Å². The maximum atomic E-state index is 11.8. The van der Waals surface area contributed by atoms with Crippen molar-refractivity contribution in [1.29, 1.82) is 5.26 Å². The lowest BCUT2D eigenvalue weighted by molar-refractivity contribution is -0.128. The molecule has 0 heterocycles. The van der Waals surface area contributed by atoms with Gasteiger partial charge in [0.25, 0.3) is 0 Å². The fraction of sp³-hybridized carbons (Fsp3) is 0.833. The van der Waals surface area contributed by atoms with Gasteiger partial charge in [0.1, 0.15) is 6.04 Å². The molecule has 1 fully saturated rings. The summed E-state index contributed by atoms with van der Waals surface area (Å²) in [6.07, 6.45) is 1.74. The summed E-state index contributed by atoms with van der Waals surface area (Å²) in [4.78, 5) is 11.8. The van der Waals surface area contributed by atoms with Gasteiger partial charge in [0, 0.05) is 0 Å². The van der Waals surface area contributed by atoms with Crippen LogP contribution in [0.25, 0.3) is 0 Å². The standard InChI is InChI=1S/C12H20N2O2/c1-12(2,3)10(7-13)14-11(16)8-5-4-6-9(8)15/h8-10,15H,4-6H2,1-3H3,(H,14,16). The van der Waals surface area contributed by atoms with Crippen LogP contribution in [-0.2, 0) is 4.79 Å². The molecule has 0 aromatic heterocycles. The molecule has 3 unspecified atom stereocenters. The molecular formula is C12H20N2O2. The van der Waals surface area contributed by atoms with Gasteiger partial charge in [-0.2, -0.15) is 5.26 Å². The molecule has 4 nitrogen and oxygen atoms in total. The second-order valence-corrected chi connectivity index (χ2v) is 5.54. The Balaban J connectivity index is 2.60. The average molecular weight is 224 g/mol. The van der Waals surface area contributed by atoms with Crippen LogP contribution in [0.15, 0.2) is 0 Å². The van der Waals surface area contributed by atoms with Crippen LogP contribution in [0.1, 0.15) is 40.0 Å². The Labute approximate surface area is 96.6 Å². The van der Waals surface area contributed by atoms with E-state index < -0.39 is 12.1 Å². The van der Waals surface area contributed by atoms with Crippen LogP contribution in [0.3, 0.4) is 0 Å². The Morgan fingerprint density at radius 3 is 2.50 bits per heavy atom. The Morgan fingerprint density at radius 2 is 2.12 bits per heavy atom. The van der Waals surface area contributed by atoms with Crippen LogP contribution in [0.4, 0.5) is 0 Å². The molecule has 4 heteroatoms. The summed E-state index contributed by atoms with van der Waals surface area (Å²) in [7, 11) is 0. The third-order valence-corrected chi connectivity index (χ3v) is 3.10. The van der Waals surface area contributed by atoms with Gasteiger partial charge in [0.2, 0.25) is 5.91 Å². The average Bonchev–Trinajstić information content (AvgIpc) is 2.58. The molecule has 2 N–H and O–H groups in total. The van der Waals surface area contributed by atoms with Crippen molar-refractivity contribution in [3.63, 3.8) is 0 Å². The second-order valence-electron chi connectivity index (χ2n) is 5.54. The number of nitrogens with zero attached hydrogens (tertiary/aromatic N) is 1. The van der Waals surface area contributed by atoms with E-state index in [0.717, 1.165) is 12.8 Å². The highest BCUT2D eigenvalue weighted by molar-refractivity contribution is 5.80. The molecule has 1 aliphatic rings. The Kier molecular flexibility index (Phi) is 3.93. The molecule has 90 valence electrons. The number of hydrogen-bond acceptors (Lipinski definition) is 3. The molecule has 1 rings (SSSR count). The fourth-order valence-electron chi connectivity index (χ4n) is 1.94. The van der Waals surface area contributed by atoms with Crippen molar-refractivity contribution in [3.05, 3.63) is 0 Å². The number of rotatable bonds is 2. The number of aliphatic hydroxyl groups excluding tert-OH is 1. The molecule has 0 aromatic carbocycles. The lowest BCUT2D eigenvalue weighted by Crippen LogP contribution is -2.46. The summed E-state index contributed by atoms with van der Waals surface area (Å²) >= 11 is 0. The van der Waals surface area contributed by atoms with Gasteiger partial charge in [-0.25, -0.2) is 0 Å². The van der Waals surface area contributed by atoms with Gasteiger partial charge in [-0.15, -0.1) is 0 Å². The van der Waals surface area contributed by atoms with Crippen molar-refractivity contribution in [3.8, 4) is 6.07 Å². The molecule has 0 spiro atoms. The van der Waals surface area contributed by atoms with Crippen molar-refractivity contribution in [2.24, 2.45) is 11.3 Å². The monoisotopic (exact) mass is 224 g/mol. The third-order valence-electron chi connectivity index (χ3n) is 3.10. The van der Waals surface area contributed by atoms with Crippen molar-refractivity contribution in [2.75, 3.05) is 0 Å². The number of carbonyl (C=O) groups excluding carboxylic acids is 1. The molecule has 0 saturated heterocycles. The van der Waals surface area contributed by atoms with E-state index in [1.165, 1.54) is 0 Å². The van der Waals surface area contributed by atoms with E-state index in [-0.39, 0.29) is 17.2 Å². The number of nitrogens with one attached hydrogen (secondary N) is 1. The molecular weight excluding hydrogens is 204 g/mol. The van der Waals surface area contributed by atoms with Gasteiger partial charge >= 0.3 is 0 Å². The van der Waals surface area contributed by atoms with E-state index in [4.69, 9.17) is 5.26 Å². The molecule has 0 aromatic rings. The zero-order chi connectivity index (χ0) is 12.3. The molecule has 1 saturated carbocycles. The highest BCUT2D eigenvalue weighted by atomic mass is 16.3. The summed E-state index contributed by atoms with van der Waals surface area (Å²) in [5.74, 6) is -0.523. The number of carbonyl (C=O) groups is 1. The molecule has 16 heavy (non-hydrogen) atoms. The Morgan fingerprint density at radius 1 is 1.50 bits per heavy atom. The van der Waals surface area contributed by atoms with Gasteiger partial charge in [-0.05, 0) is 24.7 Å². The SMILES string of the molecule is CC(C)(C)C(C#N)NC(=O)C1CCCC1O. The van der Waals surface area contributed by atoms with E-state index in [1.54, 1.807) is 0 Å². The Bertz CT molecular complexity index is 301. The predicted octanol–water partition coefficient (Wildman–Crippen LogP) is 1.20. The minimum atomic E-state index is -0.542. The molecule has 1 amide bonds. The molecule has 3 atom stereocenters. The van der Waals surface area contributed by atoms with Crippen LogP contribution in [-0.4, -0.2) is 23.2 Å². The molecule has 0 aliphatic heterocycles. The van der Waals surface area contributed by atoms with Gasteiger partial charge in [0.05, 0.1) is 18.1 Å². The highest BCUT2D eigenvalue weighted by Gasteiger charge is 2.34. The first kappa shape index (κ1) is 13.0. The second kappa shape index (κ2) is 4.84. The summed E-state index contributed by atoms with van der Waals surface area (Å²) in [5.41, 5.74) is -0.284. The Hall–Kier alpha value is -1.08. The van der Waals surface area contributed by atoms with Crippen molar-refractivity contribution in [2.45, 2.75) is 52.2 Å². The van der Waals surface area contributed by atoms with Gasteiger partial charge in [-0.3, -0.25) is 4.79 Å². The van der Waals surface area contributed by atoms with Crippen molar-refractivity contribution >= 4 is 5.91 Å². The van der Waals surface area contributed by atoms with Gasteiger partial charge in [0.15, 0.2) is 0 Å². The number of aliphatic hydroxyl groups is 1. The zero-order valence-electron chi connectivity index (χ0n) is 10.2. The van der Waals surface area contributed by atoms with Crippen LogP contribution >= 0.6 is 0 Å². The summed E-state index contributed by atoms with van der Waals surface area (Å²) in [6, 6.07) is 1.59.